The zero-order valence-electron chi connectivity index (χ0n) is 9.85. The van der Waals surface area contributed by atoms with Crippen LogP contribution < -0.4 is 5.73 Å². The van der Waals surface area contributed by atoms with Crippen molar-refractivity contribution in [1.29, 1.82) is 0 Å². The van der Waals surface area contributed by atoms with Gasteiger partial charge in [-0.15, -0.1) is 0 Å². The second-order valence-electron chi connectivity index (χ2n) is 4.05. The van der Waals surface area contributed by atoms with E-state index in [4.69, 9.17) is 5.73 Å². The van der Waals surface area contributed by atoms with Gasteiger partial charge in [0.2, 0.25) is 0 Å². The van der Waals surface area contributed by atoms with Crippen molar-refractivity contribution in [2.75, 3.05) is 0 Å². The fourth-order valence-corrected chi connectivity index (χ4v) is 2.37. The molecule has 0 spiro atoms. The minimum Gasteiger partial charge on any atom is -0.325 e. The fourth-order valence-electron chi connectivity index (χ4n) is 1.86. The third-order valence-electron chi connectivity index (χ3n) is 2.82. The SMILES string of the molecule is NCc1nc2ccc(-c3ccc(F)cc3)nn2c1Br. The van der Waals surface area contributed by atoms with E-state index in [-0.39, 0.29) is 5.82 Å². The molecule has 3 rings (SSSR count). The lowest BCUT2D eigenvalue weighted by Gasteiger charge is -2.02. The first kappa shape index (κ1) is 12.3. The van der Waals surface area contributed by atoms with E-state index in [0.717, 1.165) is 27.2 Å². The molecule has 0 aliphatic rings. The maximum Gasteiger partial charge on any atom is 0.155 e. The van der Waals surface area contributed by atoms with Crippen LogP contribution in [0.2, 0.25) is 0 Å². The van der Waals surface area contributed by atoms with Gasteiger partial charge in [-0.3, -0.25) is 0 Å². The van der Waals surface area contributed by atoms with Crippen LogP contribution in [0, 0.1) is 5.82 Å². The third-order valence-corrected chi connectivity index (χ3v) is 3.62. The number of halogens is 2. The molecule has 3 aromatic rings. The summed E-state index contributed by atoms with van der Waals surface area (Å²) in [4.78, 5) is 4.35. The third kappa shape index (κ3) is 2.13. The number of nitrogens with zero attached hydrogens (tertiary/aromatic N) is 3. The van der Waals surface area contributed by atoms with Gasteiger partial charge in [-0.1, -0.05) is 0 Å². The number of hydrogen-bond acceptors (Lipinski definition) is 3. The molecule has 0 radical (unpaired) electrons. The van der Waals surface area contributed by atoms with Gasteiger partial charge in [-0.25, -0.2) is 13.9 Å². The van der Waals surface area contributed by atoms with Gasteiger partial charge in [0.1, 0.15) is 10.4 Å². The van der Waals surface area contributed by atoms with Crippen molar-refractivity contribution in [3.05, 3.63) is 52.5 Å². The summed E-state index contributed by atoms with van der Waals surface area (Å²) >= 11 is 3.43. The van der Waals surface area contributed by atoms with Gasteiger partial charge in [-0.05, 0) is 52.3 Å². The summed E-state index contributed by atoms with van der Waals surface area (Å²) in [6.45, 7) is 0.343. The van der Waals surface area contributed by atoms with Crippen LogP contribution in [-0.4, -0.2) is 14.6 Å². The molecule has 2 N–H and O–H groups in total. The highest BCUT2D eigenvalue weighted by Crippen LogP contribution is 2.22. The Kier molecular flexibility index (Phi) is 3.04. The second-order valence-corrected chi connectivity index (χ2v) is 4.80. The molecule has 0 aliphatic heterocycles. The normalized spacial score (nSPS) is 11.1. The second kappa shape index (κ2) is 4.71. The first-order chi connectivity index (χ1) is 9.19. The lowest BCUT2D eigenvalue weighted by molar-refractivity contribution is 0.628. The van der Waals surface area contributed by atoms with Gasteiger partial charge in [0.15, 0.2) is 5.65 Å². The highest BCUT2D eigenvalue weighted by Gasteiger charge is 2.10. The molecule has 0 unspecified atom stereocenters. The molecule has 96 valence electrons. The Bertz CT molecular complexity index is 736. The highest BCUT2D eigenvalue weighted by molar-refractivity contribution is 9.10. The predicted octanol–water partition coefficient (Wildman–Crippen LogP) is 2.76. The van der Waals surface area contributed by atoms with Gasteiger partial charge in [0.25, 0.3) is 0 Å². The summed E-state index contributed by atoms with van der Waals surface area (Å²) in [6.07, 6.45) is 0. The van der Waals surface area contributed by atoms with Crippen LogP contribution in [0.1, 0.15) is 5.69 Å². The van der Waals surface area contributed by atoms with E-state index >= 15 is 0 Å². The van der Waals surface area contributed by atoms with Crippen molar-refractivity contribution in [2.45, 2.75) is 6.54 Å². The number of hydrogen-bond donors (Lipinski definition) is 1. The predicted molar refractivity (Wildman–Crippen MR) is 74.0 cm³/mol. The molecular weight excluding hydrogens is 311 g/mol. The van der Waals surface area contributed by atoms with Crippen molar-refractivity contribution in [3.63, 3.8) is 0 Å². The van der Waals surface area contributed by atoms with Crippen molar-refractivity contribution in [2.24, 2.45) is 5.73 Å². The van der Waals surface area contributed by atoms with Crippen LogP contribution in [0.3, 0.4) is 0 Å². The van der Waals surface area contributed by atoms with E-state index in [2.05, 4.69) is 26.0 Å². The van der Waals surface area contributed by atoms with E-state index in [1.165, 1.54) is 12.1 Å². The van der Waals surface area contributed by atoms with Gasteiger partial charge in [-0.2, -0.15) is 5.10 Å². The molecule has 4 nitrogen and oxygen atoms in total. The van der Waals surface area contributed by atoms with Gasteiger partial charge in [0, 0.05) is 12.1 Å². The molecule has 19 heavy (non-hydrogen) atoms. The van der Waals surface area contributed by atoms with E-state index in [0.29, 0.717) is 6.54 Å². The number of fused-ring (bicyclic) bond motifs is 1. The Labute approximate surface area is 117 Å². The average molecular weight is 321 g/mol. The summed E-state index contributed by atoms with van der Waals surface area (Å²) in [5, 5.41) is 4.47. The number of aromatic nitrogens is 3. The van der Waals surface area contributed by atoms with Crippen molar-refractivity contribution < 1.29 is 4.39 Å². The lowest BCUT2D eigenvalue weighted by atomic mass is 10.1. The van der Waals surface area contributed by atoms with Gasteiger partial charge in [0.05, 0.1) is 11.4 Å². The Morgan fingerprint density at radius 3 is 2.58 bits per heavy atom. The molecule has 0 aliphatic carbocycles. The number of nitrogens with two attached hydrogens (primary N) is 1. The lowest BCUT2D eigenvalue weighted by Crippen LogP contribution is -1.98. The number of imidazole rings is 1. The summed E-state index contributed by atoms with van der Waals surface area (Å²) in [5.41, 5.74) is 8.67. The Hall–Kier alpha value is -1.79. The first-order valence-electron chi connectivity index (χ1n) is 5.69. The van der Waals surface area contributed by atoms with E-state index < -0.39 is 0 Å². The van der Waals surface area contributed by atoms with Crippen molar-refractivity contribution in [1.82, 2.24) is 14.6 Å². The zero-order valence-corrected chi connectivity index (χ0v) is 11.4. The van der Waals surface area contributed by atoms with Crippen molar-refractivity contribution in [3.8, 4) is 11.3 Å². The molecule has 0 saturated carbocycles. The molecule has 6 heteroatoms. The quantitative estimate of drug-likeness (QED) is 0.790. The van der Waals surface area contributed by atoms with E-state index in [1.54, 1.807) is 16.6 Å². The highest BCUT2D eigenvalue weighted by atomic mass is 79.9. The average Bonchev–Trinajstić information content (AvgIpc) is 2.76. The molecule has 0 bridgehead atoms. The Balaban J connectivity index is 2.15. The minimum absolute atomic E-state index is 0.265. The van der Waals surface area contributed by atoms with E-state index in [9.17, 15) is 4.39 Å². The first-order valence-corrected chi connectivity index (χ1v) is 6.48. The standard InChI is InChI=1S/C13H10BrFN4/c14-13-11(7-16)17-12-6-5-10(18-19(12)13)8-1-3-9(15)4-2-8/h1-6H,7,16H2. The van der Waals surface area contributed by atoms with Gasteiger partial charge < -0.3 is 5.73 Å². The zero-order chi connectivity index (χ0) is 13.4. The summed E-state index contributed by atoms with van der Waals surface area (Å²) < 4.78 is 15.3. The molecule has 0 saturated heterocycles. The van der Waals surface area contributed by atoms with Crippen molar-refractivity contribution >= 4 is 21.6 Å². The molecule has 0 atom stereocenters. The molecule has 2 aromatic heterocycles. The number of benzene rings is 1. The van der Waals surface area contributed by atoms with E-state index in [1.807, 2.05) is 12.1 Å². The Morgan fingerprint density at radius 2 is 1.89 bits per heavy atom. The molecular formula is C13H10BrFN4. The van der Waals surface area contributed by atoms with Crippen LogP contribution in [0.4, 0.5) is 4.39 Å². The Morgan fingerprint density at radius 1 is 1.16 bits per heavy atom. The molecule has 1 aromatic carbocycles. The molecule has 0 amide bonds. The maximum atomic E-state index is 12.9. The summed E-state index contributed by atoms with van der Waals surface area (Å²) in [7, 11) is 0. The van der Waals surface area contributed by atoms with Gasteiger partial charge >= 0.3 is 0 Å². The van der Waals surface area contributed by atoms with Crippen LogP contribution in [0.25, 0.3) is 16.9 Å². The fraction of sp³-hybridized carbons (Fsp3) is 0.0769. The maximum absolute atomic E-state index is 12.9. The van der Waals surface area contributed by atoms with Crippen LogP contribution >= 0.6 is 15.9 Å². The van der Waals surface area contributed by atoms with Crippen LogP contribution in [0.15, 0.2) is 41.0 Å². The smallest absolute Gasteiger partial charge is 0.155 e. The monoisotopic (exact) mass is 320 g/mol. The molecule has 2 heterocycles. The summed E-state index contributed by atoms with van der Waals surface area (Å²) in [5.74, 6) is -0.265. The number of rotatable bonds is 2. The minimum atomic E-state index is -0.265. The van der Waals surface area contributed by atoms with Crippen LogP contribution in [0.5, 0.6) is 0 Å². The summed E-state index contributed by atoms with van der Waals surface area (Å²) in [6, 6.07) is 9.92. The topological polar surface area (TPSA) is 56.2 Å². The largest absolute Gasteiger partial charge is 0.325 e. The van der Waals surface area contributed by atoms with Crippen LogP contribution in [-0.2, 0) is 6.54 Å². The molecule has 0 fully saturated rings.